The molecular formula is C9H11Cl2NO2S. The topological polar surface area (TPSA) is 39.2 Å². The van der Waals surface area contributed by atoms with Gasteiger partial charge in [-0.2, -0.15) is 0 Å². The Morgan fingerprint density at radius 2 is 2.27 bits per heavy atom. The van der Waals surface area contributed by atoms with Crippen molar-refractivity contribution in [1.82, 2.24) is 4.98 Å². The van der Waals surface area contributed by atoms with Crippen LogP contribution in [0.3, 0.4) is 0 Å². The number of nitrogens with zero attached hydrogens (tertiary/aromatic N) is 1. The zero-order valence-electron chi connectivity index (χ0n) is 8.37. The Morgan fingerprint density at radius 3 is 2.80 bits per heavy atom. The molecule has 0 radical (unpaired) electrons. The van der Waals surface area contributed by atoms with Gasteiger partial charge in [0, 0.05) is 6.20 Å². The highest BCUT2D eigenvalue weighted by molar-refractivity contribution is 8.08. The highest BCUT2D eigenvalue weighted by atomic mass is 35.7. The minimum Gasteiger partial charge on any atom is -0.477 e. The van der Waals surface area contributed by atoms with Gasteiger partial charge in [0.1, 0.15) is 4.90 Å². The maximum atomic E-state index is 11.2. The van der Waals surface area contributed by atoms with Crippen molar-refractivity contribution >= 4 is 32.3 Å². The van der Waals surface area contributed by atoms with Crippen LogP contribution in [0.4, 0.5) is 0 Å². The van der Waals surface area contributed by atoms with E-state index in [-0.39, 0.29) is 5.88 Å². The molecule has 1 rings (SSSR count). The first-order chi connectivity index (χ1) is 7.00. The lowest BCUT2D eigenvalue weighted by atomic mass is 10.2. The van der Waals surface area contributed by atoms with E-state index in [1.54, 1.807) is 0 Å². The van der Waals surface area contributed by atoms with Crippen molar-refractivity contribution in [3.8, 4) is 5.88 Å². The number of hydrogen-bond donors (Lipinski definition) is 0. The van der Waals surface area contributed by atoms with Gasteiger partial charge in [-0.15, -0.1) is 0 Å². The Morgan fingerprint density at radius 1 is 1.60 bits per heavy atom. The summed E-state index contributed by atoms with van der Waals surface area (Å²) in [6.45, 7) is 4.51. The van der Waals surface area contributed by atoms with Crippen molar-refractivity contribution in [1.29, 1.82) is 0 Å². The molecule has 0 aliphatic heterocycles. The minimum atomic E-state index is -1.67. The largest absolute Gasteiger partial charge is 0.477 e. The van der Waals surface area contributed by atoms with Gasteiger partial charge in [-0.25, -0.2) is 9.19 Å². The summed E-state index contributed by atoms with van der Waals surface area (Å²) >= 11 is 5.71. The average molecular weight is 268 g/mol. The third-order valence-corrected chi connectivity index (χ3v) is 2.85. The van der Waals surface area contributed by atoms with Crippen molar-refractivity contribution in [2.24, 2.45) is 5.92 Å². The summed E-state index contributed by atoms with van der Waals surface area (Å²) < 4.78 is 16.5. The van der Waals surface area contributed by atoms with Gasteiger partial charge in [-0.1, -0.05) is 25.4 Å². The van der Waals surface area contributed by atoms with Gasteiger partial charge >= 0.3 is 0 Å². The van der Waals surface area contributed by atoms with E-state index in [1.807, 2.05) is 13.8 Å². The van der Waals surface area contributed by atoms with Crippen LogP contribution in [-0.4, -0.2) is 15.8 Å². The molecule has 1 aromatic heterocycles. The number of aromatic nitrogens is 1. The van der Waals surface area contributed by atoms with Crippen LogP contribution in [0.25, 0.3) is 0 Å². The minimum absolute atomic E-state index is 0.279. The van der Waals surface area contributed by atoms with Gasteiger partial charge in [0.25, 0.3) is 0 Å². The maximum absolute atomic E-state index is 11.2. The van der Waals surface area contributed by atoms with Crippen LogP contribution in [-0.2, 0) is 10.0 Å². The molecule has 0 saturated carbocycles. The van der Waals surface area contributed by atoms with E-state index in [9.17, 15) is 4.21 Å². The van der Waals surface area contributed by atoms with Crippen molar-refractivity contribution < 1.29 is 8.95 Å². The third kappa shape index (κ3) is 3.97. The fourth-order valence-corrected chi connectivity index (χ4v) is 1.90. The molecule has 84 valence electrons. The molecule has 6 heteroatoms. The first-order valence-electron chi connectivity index (χ1n) is 4.37. The Balaban J connectivity index is 2.91. The van der Waals surface area contributed by atoms with Crippen LogP contribution in [0.1, 0.15) is 13.8 Å². The molecule has 0 fully saturated rings. The van der Waals surface area contributed by atoms with Crippen molar-refractivity contribution in [2.45, 2.75) is 18.7 Å². The molecule has 1 unspecified atom stereocenters. The second-order valence-electron chi connectivity index (χ2n) is 3.39. The Hall–Kier alpha value is -0.320. The van der Waals surface area contributed by atoms with E-state index in [0.29, 0.717) is 22.4 Å². The first kappa shape index (κ1) is 12.7. The van der Waals surface area contributed by atoms with E-state index in [0.717, 1.165) is 0 Å². The number of ether oxygens (including phenoxy) is 1. The van der Waals surface area contributed by atoms with Gasteiger partial charge in [0.05, 0.1) is 11.6 Å². The van der Waals surface area contributed by atoms with Crippen LogP contribution in [0.2, 0.25) is 5.02 Å². The van der Waals surface area contributed by atoms with E-state index >= 15 is 0 Å². The molecule has 0 aliphatic carbocycles. The zero-order valence-corrected chi connectivity index (χ0v) is 10.7. The van der Waals surface area contributed by atoms with E-state index < -0.39 is 10.0 Å². The second-order valence-corrected chi connectivity index (χ2v) is 5.55. The monoisotopic (exact) mass is 267 g/mol. The smallest absolute Gasteiger partial charge is 0.231 e. The number of pyridine rings is 1. The summed E-state index contributed by atoms with van der Waals surface area (Å²) in [7, 11) is 3.82. The van der Waals surface area contributed by atoms with Crippen LogP contribution in [0, 0.1) is 5.92 Å². The van der Waals surface area contributed by atoms with E-state index in [2.05, 4.69) is 4.98 Å². The normalized spacial score (nSPS) is 12.9. The van der Waals surface area contributed by atoms with Crippen LogP contribution >= 0.6 is 22.3 Å². The lowest BCUT2D eigenvalue weighted by Gasteiger charge is -2.09. The zero-order chi connectivity index (χ0) is 11.4. The fraction of sp³-hybridized carbons (Fsp3) is 0.444. The molecule has 0 bridgehead atoms. The standard InChI is InChI=1S/C9H11Cl2NO2S/c1-6(2)5-14-9-8(15(11)13)3-7(10)4-12-9/h3-4,6H,5H2,1-2H3. The van der Waals surface area contributed by atoms with Crippen LogP contribution in [0.5, 0.6) is 5.88 Å². The molecule has 0 aliphatic rings. The molecule has 1 atom stereocenters. The van der Waals surface area contributed by atoms with Gasteiger partial charge in [0.15, 0.2) is 10.0 Å². The average Bonchev–Trinajstić information content (AvgIpc) is 2.15. The molecule has 0 aromatic carbocycles. The molecule has 15 heavy (non-hydrogen) atoms. The molecule has 1 heterocycles. The van der Waals surface area contributed by atoms with Gasteiger partial charge in [-0.05, 0) is 22.7 Å². The maximum Gasteiger partial charge on any atom is 0.231 e. The molecule has 1 aromatic rings. The highest BCUT2D eigenvalue weighted by Gasteiger charge is 2.12. The molecule has 0 N–H and O–H groups in total. The predicted molar refractivity (Wildman–Crippen MR) is 61.8 cm³/mol. The molecular weight excluding hydrogens is 257 g/mol. The number of halogens is 2. The summed E-state index contributed by atoms with van der Waals surface area (Å²) in [5.41, 5.74) is 0. The second kappa shape index (κ2) is 5.68. The number of hydrogen-bond acceptors (Lipinski definition) is 3. The molecule has 0 saturated heterocycles. The lowest BCUT2D eigenvalue weighted by Crippen LogP contribution is -2.07. The number of rotatable bonds is 4. The molecule has 0 amide bonds. The highest BCUT2D eigenvalue weighted by Crippen LogP contribution is 2.25. The quantitative estimate of drug-likeness (QED) is 0.788. The first-order valence-corrected chi connectivity index (χ1v) is 6.72. The summed E-state index contributed by atoms with van der Waals surface area (Å²) in [5.74, 6) is 0.639. The van der Waals surface area contributed by atoms with Crippen molar-refractivity contribution in [2.75, 3.05) is 6.61 Å². The fourth-order valence-electron chi connectivity index (χ4n) is 0.877. The van der Waals surface area contributed by atoms with Crippen molar-refractivity contribution in [3.63, 3.8) is 0 Å². The Kier molecular flexibility index (Phi) is 4.83. The molecule has 0 spiro atoms. The van der Waals surface area contributed by atoms with Crippen molar-refractivity contribution in [3.05, 3.63) is 17.3 Å². The summed E-state index contributed by atoms with van der Waals surface area (Å²) in [4.78, 5) is 4.25. The SMILES string of the molecule is CC(C)COc1ncc(Cl)cc1S(=O)Cl. The summed E-state index contributed by atoms with van der Waals surface area (Å²) in [6, 6.07) is 1.49. The Bertz CT molecular complexity index is 371. The van der Waals surface area contributed by atoms with Crippen LogP contribution < -0.4 is 4.74 Å². The van der Waals surface area contributed by atoms with Crippen LogP contribution in [0.15, 0.2) is 17.2 Å². The van der Waals surface area contributed by atoms with E-state index in [4.69, 9.17) is 27.0 Å². The molecule has 3 nitrogen and oxygen atoms in total. The predicted octanol–water partition coefficient (Wildman–Crippen LogP) is 3.03. The lowest BCUT2D eigenvalue weighted by molar-refractivity contribution is 0.255. The van der Waals surface area contributed by atoms with Gasteiger partial charge < -0.3 is 4.74 Å². The van der Waals surface area contributed by atoms with Gasteiger partial charge in [0.2, 0.25) is 5.88 Å². The van der Waals surface area contributed by atoms with E-state index in [1.165, 1.54) is 12.3 Å². The Labute approximate surface area is 101 Å². The van der Waals surface area contributed by atoms with Gasteiger partial charge in [-0.3, -0.25) is 0 Å². The summed E-state index contributed by atoms with van der Waals surface area (Å²) in [5, 5.41) is 0.385. The third-order valence-electron chi connectivity index (χ3n) is 1.51. The summed E-state index contributed by atoms with van der Waals surface area (Å²) in [6.07, 6.45) is 1.43.